The Labute approximate surface area is 127 Å². The van der Waals surface area contributed by atoms with Crippen LogP contribution in [0, 0.1) is 11.3 Å². The first-order valence-corrected chi connectivity index (χ1v) is 6.67. The Morgan fingerprint density at radius 2 is 1.95 bits per heavy atom. The predicted octanol–water partition coefficient (Wildman–Crippen LogP) is 4.49. The van der Waals surface area contributed by atoms with Crippen LogP contribution in [0.2, 0.25) is 10.0 Å². The van der Waals surface area contributed by atoms with Crippen molar-refractivity contribution in [1.82, 2.24) is 0 Å². The van der Waals surface area contributed by atoms with E-state index in [0.29, 0.717) is 33.6 Å². The fourth-order valence-electron chi connectivity index (χ4n) is 1.85. The van der Waals surface area contributed by atoms with Gasteiger partial charge in [-0.25, -0.2) is 0 Å². The molecule has 3 nitrogen and oxygen atoms in total. The number of rotatable bonds is 4. The molecule has 2 aromatic rings. The third-order valence-corrected chi connectivity index (χ3v) is 3.71. The Morgan fingerprint density at radius 1 is 1.20 bits per heavy atom. The summed E-state index contributed by atoms with van der Waals surface area (Å²) in [5.41, 5.74) is 2.02. The molecule has 20 heavy (non-hydrogen) atoms. The average Bonchev–Trinajstić information content (AvgIpc) is 2.48. The SMILES string of the molecule is COc1cccc(C#N)c1NCc1cccc(Cl)c1Cl. The molecule has 102 valence electrons. The van der Waals surface area contributed by atoms with E-state index >= 15 is 0 Å². The van der Waals surface area contributed by atoms with Gasteiger partial charge >= 0.3 is 0 Å². The number of ether oxygens (including phenoxy) is 1. The molecule has 0 bridgehead atoms. The molecule has 2 aromatic carbocycles. The first-order valence-electron chi connectivity index (χ1n) is 5.91. The zero-order valence-electron chi connectivity index (χ0n) is 10.8. The fraction of sp³-hybridized carbons (Fsp3) is 0.133. The molecule has 0 spiro atoms. The van der Waals surface area contributed by atoms with E-state index in [1.54, 1.807) is 31.4 Å². The first-order chi connectivity index (χ1) is 9.67. The van der Waals surface area contributed by atoms with Gasteiger partial charge in [-0.1, -0.05) is 41.4 Å². The van der Waals surface area contributed by atoms with E-state index in [1.165, 1.54) is 0 Å². The molecule has 2 rings (SSSR count). The summed E-state index contributed by atoms with van der Waals surface area (Å²) in [6.07, 6.45) is 0. The molecule has 1 N–H and O–H groups in total. The molecule has 0 aliphatic heterocycles. The van der Waals surface area contributed by atoms with Crippen LogP contribution in [0.15, 0.2) is 36.4 Å². The Kier molecular flexibility index (Phi) is 4.73. The molecular formula is C15H12Cl2N2O. The lowest BCUT2D eigenvalue weighted by atomic mass is 10.1. The highest BCUT2D eigenvalue weighted by Gasteiger charge is 2.10. The van der Waals surface area contributed by atoms with Gasteiger partial charge < -0.3 is 10.1 Å². The van der Waals surface area contributed by atoms with E-state index in [-0.39, 0.29) is 0 Å². The highest BCUT2D eigenvalue weighted by molar-refractivity contribution is 6.42. The second-order valence-corrected chi connectivity index (χ2v) is 4.85. The largest absolute Gasteiger partial charge is 0.495 e. The Bertz CT molecular complexity index is 665. The fourth-order valence-corrected chi connectivity index (χ4v) is 2.23. The normalized spacial score (nSPS) is 9.90. The molecule has 0 atom stereocenters. The first kappa shape index (κ1) is 14.5. The van der Waals surface area contributed by atoms with Crippen LogP contribution < -0.4 is 10.1 Å². The number of nitriles is 1. The van der Waals surface area contributed by atoms with Crippen molar-refractivity contribution in [2.75, 3.05) is 12.4 Å². The molecule has 0 amide bonds. The predicted molar refractivity (Wildman–Crippen MR) is 81.5 cm³/mol. The van der Waals surface area contributed by atoms with E-state index in [4.69, 9.17) is 33.2 Å². The average molecular weight is 307 g/mol. The number of methoxy groups -OCH3 is 1. The molecule has 0 fully saturated rings. The second kappa shape index (κ2) is 6.51. The summed E-state index contributed by atoms with van der Waals surface area (Å²) in [6, 6.07) is 12.9. The Morgan fingerprint density at radius 3 is 2.65 bits per heavy atom. The van der Waals surface area contributed by atoms with Crippen molar-refractivity contribution < 1.29 is 4.74 Å². The summed E-state index contributed by atoms with van der Waals surface area (Å²) in [7, 11) is 1.56. The number of hydrogen-bond donors (Lipinski definition) is 1. The third kappa shape index (κ3) is 2.98. The minimum absolute atomic E-state index is 0.453. The molecule has 0 heterocycles. The number of anilines is 1. The number of benzene rings is 2. The van der Waals surface area contributed by atoms with Crippen molar-refractivity contribution in [2.45, 2.75) is 6.54 Å². The molecule has 0 aliphatic rings. The van der Waals surface area contributed by atoms with Gasteiger partial charge in [-0.2, -0.15) is 5.26 Å². The molecule has 0 saturated heterocycles. The maximum atomic E-state index is 9.14. The summed E-state index contributed by atoms with van der Waals surface area (Å²) in [4.78, 5) is 0. The summed E-state index contributed by atoms with van der Waals surface area (Å²) in [5.74, 6) is 0.613. The van der Waals surface area contributed by atoms with Gasteiger partial charge in [-0.15, -0.1) is 0 Å². The van der Waals surface area contributed by atoms with Crippen LogP contribution in [-0.2, 0) is 6.54 Å². The number of nitrogens with one attached hydrogen (secondary N) is 1. The lowest BCUT2D eigenvalue weighted by Gasteiger charge is -2.13. The van der Waals surface area contributed by atoms with Crippen molar-refractivity contribution in [2.24, 2.45) is 0 Å². The van der Waals surface area contributed by atoms with Crippen molar-refractivity contribution in [3.05, 3.63) is 57.6 Å². The van der Waals surface area contributed by atoms with E-state index in [0.717, 1.165) is 5.56 Å². The van der Waals surface area contributed by atoms with Crippen molar-refractivity contribution in [3.63, 3.8) is 0 Å². The van der Waals surface area contributed by atoms with Gasteiger partial charge in [0.1, 0.15) is 11.8 Å². The van der Waals surface area contributed by atoms with Gasteiger partial charge in [0.05, 0.1) is 28.4 Å². The van der Waals surface area contributed by atoms with Crippen molar-refractivity contribution in [1.29, 1.82) is 5.26 Å². The Balaban J connectivity index is 2.27. The number of para-hydroxylation sites is 1. The van der Waals surface area contributed by atoms with Gasteiger partial charge in [-0.05, 0) is 23.8 Å². The summed E-state index contributed by atoms with van der Waals surface area (Å²) < 4.78 is 5.26. The summed E-state index contributed by atoms with van der Waals surface area (Å²) in [6.45, 7) is 0.453. The zero-order chi connectivity index (χ0) is 14.5. The highest BCUT2D eigenvalue weighted by atomic mass is 35.5. The van der Waals surface area contributed by atoms with Gasteiger partial charge in [0.2, 0.25) is 0 Å². The quantitative estimate of drug-likeness (QED) is 0.905. The van der Waals surface area contributed by atoms with Crippen LogP contribution in [0.5, 0.6) is 5.75 Å². The molecule has 5 heteroatoms. The van der Waals surface area contributed by atoms with E-state index < -0.39 is 0 Å². The summed E-state index contributed by atoms with van der Waals surface area (Å²) in [5, 5.41) is 13.3. The monoisotopic (exact) mass is 306 g/mol. The molecule has 0 radical (unpaired) electrons. The van der Waals surface area contributed by atoms with Crippen LogP contribution in [0.4, 0.5) is 5.69 Å². The Hall–Kier alpha value is -1.89. The zero-order valence-corrected chi connectivity index (χ0v) is 12.3. The minimum Gasteiger partial charge on any atom is -0.495 e. The number of hydrogen-bond acceptors (Lipinski definition) is 3. The van der Waals surface area contributed by atoms with Crippen LogP contribution in [0.25, 0.3) is 0 Å². The van der Waals surface area contributed by atoms with Gasteiger partial charge in [0.25, 0.3) is 0 Å². The summed E-state index contributed by atoms with van der Waals surface area (Å²) >= 11 is 12.1. The molecule has 0 saturated carbocycles. The van der Waals surface area contributed by atoms with E-state index in [2.05, 4.69) is 11.4 Å². The second-order valence-electron chi connectivity index (χ2n) is 4.06. The van der Waals surface area contributed by atoms with Crippen molar-refractivity contribution in [3.8, 4) is 11.8 Å². The highest BCUT2D eigenvalue weighted by Crippen LogP contribution is 2.30. The van der Waals surface area contributed by atoms with E-state index in [1.807, 2.05) is 12.1 Å². The van der Waals surface area contributed by atoms with Gasteiger partial charge in [0.15, 0.2) is 0 Å². The maximum Gasteiger partial charge on any atom is 0.143 e. The lowest BCUT2D eigenvalue weighted by Crippen LogP contribution is -2.04. The topological polar surface area (TPSA) is 45.0 Å². The number of nitrogens with zero attached hydrogens (tertiary/aromatic N) is 1. The van der Waals surface area contributed by atoms with Crippen molar-refractivity contribution >= 4 is 28.9 Å². The van der Waals surface area contributed by atoms with Crippen LogP contribution >= 0.6 is 23.2 Å². The third-order valence-electron chi connectivity index (χ3n) is 2.85. The molecule has 0 unspecified atom stereocenters. The lowest BCUT2D eigenvalue weighted by molar-refractivity contribution is 0.416. The molecule has 0 aliphatic carbocycles. The smallest absolute Gasteiger partial charge is 0.143 e. The van der Waals surface area contributed by atoms with Gasteiger partial charge in [0, 0.05) is 6.54 Å². The van der Waals surface area contributed by atoms with Crippen LogP contribution in [0.3, 0.4) is 0 Å². The van der Waals surface area contributed by atoms with Crippen LogP contribution in [0.1, 0.15) is 11.1 Å². The molecule has 0 aromatic heterocycles. The van der Waals surface area contributed by atoms with Gasteiger partial charge in [-0.3, -0.25) is 0 Å². The minimum atomic E-state index is 0.453. The molecular weight excluding hydrogens is 295 g/mol. The number of halogens is 2. The standard InChI is InChI=1S/C15H12Cl2N2O/c1-20-13-7-3-4-10(8-18)15(13)19-9-11-5-2-6-12(16)14(11)17/h2-7,19H,9H2,1H3. The van der Waals surface area contributed by atoms with E-state index in [9.17, 15) is 0 Å². The maximum absolute atomic E-state index is 9.14. The van der Waals surface area contributed by atoms with Crippen LogP contribution in [-0.4, -0.2) is 7.11 Å².